The van der Waals surface area contributed by atoms with Gasteiger partial charge in [-0.05, 0) is 23.9 Å². The fourth-order valence-electron chi connectivity index (χ4n) is 1.01. The first kappa shape index (κ1) is 9.92. The summed E-state index contributed by atoms with van der Waals surface area (Å²) in [5.41, 5.74) is 0.754. The molecule has 1 rings (SSSR count). The van der Waals surface area contributed by atoms with Crippen LogP contribution in [-0.2, 0) is 16.0 Å². The summed E-state index contributed by atoms with van der Waals surface area (Å²) < 4.78 is 4.58. The van der Waals surface area contributed by atoms with Crippen LogP contribution in [0.15, 0.2) is 11.4 Å². The Hall–Kier alpha value is -1.16. The van der Waals surface area contributed by atoms with Crippen molar-refractivity contribution in [2.45, 2.75) is 13.3 Å². The summed E-state index contributed by atoms with van der Waals surface area (Å²) in [7, 11) is 1.33. The SMILES string of the molecule is COC(=O)c1sccc1CC(C)=O. The number of carbonyl (C=O) groups is 2. The molecule has 0 aliphatic rings. The van der Waals surface area contributed by atoms with Gasteiger partial charge in [0.1, 0.15) is 10.7 Å². The predicted molar refractivity (Wildman–Crippen MR) is 50.0 cm³/mol. The zero-order valence-electron chi connectivity index (χ0n) is 7.49. The molecule has 70 valence electrons. The molecule has 0 aliphatic carbocycles. The Kier molecular flexibility index (Phi) is 3.19. The second kappa shape index (κ2) is 4.18. The summed E-state index contributed by atoms with van der Waals surface area (Å²) in [6.45, 7) is 1.50. The number of thiophene rings is 1. The summed E-state index contributed by atoms with van der Waals surface area (Å²) >= 11 is 1.30. The van der Waals surface area contributed by atoms with Crippen molar-refractivity contribution in [1.29, 1.82) is 0 Å². The smallest absolute Gasteiger partial charge is 0.348 e. The van der Waals surface area contributed by atoms with Crippen LogP contribution in [0.2, 0.25) is 0 Å². The predicted octanol–water partition coefficient (Wildman–Crippen LogP) is 1.67. The van der Waals surface area contributed by atoms with Gasteiger partial charge in [-0.1, -0.05) is 0 Å². The van der Waals surface area contributed by atoms with Crippen molar-refractivity contribution in [2.24, 2.45) is 0 Å². The molecule has 0 radical (unpaired) electrons. The highest BCUT2D eigenvalue weighted by Crippen LogP contribution is 2.18. The van der Waals surface area contributed by atoms with E-state index in [2.05, 4.69) is 4.74 Å². The van der Waals surface area contributed by atoms with Gasteiger partial charge in [-0.3, -0.25) is 4.79 Å². The molecule has 0 spiro atoms. The first-order valence-corrected chi connectivity index (χ1v) is 4.67. The van der Waals surface area contributed by atoms with Crippen molar-refractivity contribution in [2.75, 3.05) is 7.11 Å². The van der Waals surface area contributed by atoms with E-state index >= 15 is 0 Å². The van der Waals surface area contributed by atoms with Crippen LogP contribution in [0.25, 0.3) is 0 Å². The minimum absolute atomic E-state index is 0.0450. The minimum Gasteiger partial charge on any atom is -0.465 e. The second-order valence-electron chi connectivity index (χ2n) is 2.65. The lowest BCUT2D eigenvalue weighted by Gasteiger charge is -1.98. The zero-order valence-corrected chi connectivity index (χ0v) is 8.31. The highest BCUT2D eigenvalue weighted by Gasteiger charge is 2.13. The van der Waals surface area contributed by atoms with Gasteiger partial charge in [0, 0.05) is 6.42 Å². The van der Waals surface area contributed by atoms with Gasteiger partial charge in [0.2, 0.25) is 0 Å². The number of carbonyl (C=O) groups excluding carboxylic acids is 2. The van der Waals surface area contributed by atoms with Crippen LogP contribution < -0.4 is 0 Å². The second-order valence-corrected chi connectivity index (χ2v) is 3.56. The molecule has 0 unspecified atom stereocenters. The average Bonchev–Trinajstić information content (AvgIpc) is 2.50. The van der Waals surface area contributed by atoms with E-state index in [1.807, 2.05) is 0 Å². The molecule has 0 N–H and O–H groups in total. The Balaban J connectivity index is 2.89. The molecule has 1 aromatic rings. The van der Waals surface area contributed by atoms with Gasteiger partial charge in [0.25, 0.3) is 0 Å². The first-order valence-electron chi connectivity index (χ1n) is 3.79. The molecule has 0 saturated carbocycles. The van der Waals surface area contributed by atoms with E-state index in [1.54, 1.807) is 11.4 Å². The Morgan fingerprint density at radius 2 is 2.23 bits per heavy atom. The molecule has 4 heteroatoms. The molecule has 0 amide bonds. The van der Waals surface area contributed by atoms with E-state index in [4.69, 9.17) is 0 Å². The number of Topliss-reactive ketones (excluding diaryl/α,β-unsaturated/α-hetero) is 1. The molecule has 0 fully saturated rings. The Morgan fingerprint density at radius 1 is 1.54 bits per heavy atom. The molecule has 1 aromatic heterocycles. The first-order chi connectivity index (χ1) is 6.15. The van der Waals surface area contributed by atoms with Gasteiger partial charge in [0.15, 0.2) is 0 Å². The van der Waals surface area contributed by atoms with E-state index in [-0.39, 0.29) is 11.8 Å². The van der Waals surface area contributed by atoms with Crippen molar-refractivity contribution < 1.29 is 14.3 Å². The van der Waals surface area contributed by atoms with E-state index < -0.39 is 0 Å². The lowest BCUT2D eigenvalue weighted by atomic mass is 10.1. The third-order valence-electron chi connectivity index (χ3n) is 1.56. The summed E-state index contributed by atoms with van der Waals surface area (Å²) in [4.78, 5) is 22.5. The zero-order chi connectivity index (χ0) is 9.84. The summed E-state index contributed by atoms with van der Waals surface area (Å²) in [6.07, 6.45) is 0.300. The van der Waals surface area contributed by atoms with Gasteiger partial charge in [-0.15, -0.1) is 11.3 Å². The highest BCUT2D eigenvalue weighted by molar-refractivity contribution is 7.12. The fraction of sp³-hybridized carbons (Fsp3) is 0.333. The molecule has 0 atom stereocenters. The molecule has 3 nitrogen and oxygen atoms in total. The van der Waals surface area contributed by atoms with Crippen LogP contribution in [0.1, 0.15) is 22.2 Å². The standard InChI is InChI=1S/C9H10O3S/c1-6(10)5-7-3-4-13-8(7)9(11)12-2/h3-4H,5H2,1-2H3. The van der Waals surface area contributed by atoms with Crippen molar-refractivity contribution >= 4 is 23.1 Å². The van der Waals surface area contributed by atoms with Gasteiger partial charge < -0.3 is 4.74 Å². The molecule has 1 heterocycles. The van der Waals surface area contributed by atoms with Crippen molar-refractivity contribution in [1.82, 2.24) is 0 Å². The Bertz CT molecular complexity index is 327. The summed E-state index contributed by atoms with van der Waals surface area (Å²) in [5, 5.41) is 1.78. The van der Waals surface area contributed by atoms with Gasteiger partial charge >= 0.3 is 5.97 Å². The number of rotatable bonds is 3. The maximum Gasteiger partial charge on any atom is 0.348 e. The molecule has 0 saturated heterocycles. The molecule has 13 heavy (non-hydrogen) atoms. The minimum atomic E-state index is -0.369. The quantitative estimate of drug-likeness (QED) is 0.694. The number of ketones is 1. The number of hydrogen-bond donors (Lipinski definition) is 0. The maximum atomic E-state index is 11.2. The van der Waals surface area contributed by atoms with Crippen LogP contribution in [-0.4, -0.2) is 18.9 Å². The Labute approximate surface area is 80.3 Å². The van der Waals surface area contributed by atoms with Crippen LogP contribution in [0.5, 0.6) is 0 Å². The third-order valence-corrected chi connectivity index (χ3v) is 2.49. The van der Waals surface area contributed by atoms with Crippen LogP contribution in [0.4, 0.5) is 0 Å². The largest absolute Gasteiger partial charge is 0.465 e. The van der Waals surface area contributed by atoms with Crippen LogP contribution >= 0.6 is 11.3 Å². The molecule has 0 bridgehead atoms. The average molecular weight is 198 g/mol. The van der Waals surface area contributed by atoms with Crippen LogP contribution in [0.3, 0.4) is 0 Å². The monoisotopic (exact) mass is 198 g/mol. The van der Waals surface area contributed by atoms with Gasteiger partial charge in [0.05, 0.1) is 7.11 Å². The third kappa shape index (κ3) is 2.39. The Morgan fingerprint density at radius 3 is 2.77 bits per heavy atom. The van der Waals surface area contributed by atoms with Gasteiger partial charge in [-0.25, -0.2) is 4.79 Å². The van der Waals surface area contributed by atoms with E-state index in [0.717, 1.165) is 5.56 Å². The number of ether oxygens (including phenoxy) is 1. The molecule has 0 aromatic carbocycles. The normalized spacial score (nSPS) is 9.69. The number of methoxy groups -OCH3 is 1. The maximum absolute atomic E-state index is 11.2. The van der Waals surface area contributed by atoms with E-state index in [1.165, 1.54) is 25.4 Å². The molecular weight excluding hydrogens is 188 g/mol. The van der Waals surface area contributed by atoms with E-state index in [9.17, 15) is 9.59 Å². The van der Waals surface area contributed by atoms with Gasteiger partial charge in [-0.2, -0.15) is 0 Å². The topological polar surface area (TPSA) is 43.4 Å². The fourth-order valence-corrected chi connectivity index (χ4v) is 1.85. The molecule has 0 aliphatic heterocycles. The van der Waals surface area contributed by atoms with Crippen molar-refractivity contribution in [3.63, 3.8) is 0 Å². The summed E-state index contributed by atoms with van der Waals surface area (Å²) in [6, 6.07) is 1.78. The van der Waals surface area contributed by atoms with Crippen molar-refractivity contribution in [3.05, 3.63) is 21.9 Å². The number of hydrogen-bond acceptors (Lipinski definition) is 4. The number of esters is 1. The van der Waals surface area contributed by atoms with Crippen molar-refractivity contribution in [3.8, 4) is 0 Å². The van der Waals surface area contributed by atoms with E-state index in [0.29, 0.717) is 11.3 Å². The lowest BCUT2D eigenvalue weighted by molar-refractivity contribution is -0.116. The lowest BCUT2D eigenvalue weighted by Crippen LogP contribution is -2.04. The van der Waals surface area contributed by atoms with Crippen LogP contribution in [0, 0.1) is 0 Å². The molecular formula is C9H10O3S. The highest BCUT2D eigenvalue weighted by atomic mass is 32.1. The summed E-state index contributed by atoms with van der Waals surface area (Å²) in [5.74, 6) is -0.324.